The van der Waals surface area contributed by atoms with Crippen molar-refractivity contribution in [1.82, 2.24) is 4.90 Å². The fraction of sp³-hybridized carbons (Fsp3) is 0.438. The van der Waals surface area contributed by atoms with Gasteiger partial charge in [-0.25, -0.2) is 4.79 Å². The smallest absolute Gasteiger partial charge is 0.416 e. The molecule has 1 heterocycles. The lowest BCUT2D eigenvalue weighted by molar-refractivity contribution is -0.137. The monoisotopic (exact) mass is 313 g/mol. The first-order valence-corrected chi connectivity index (χ1v) is 6.91. The highest BCUT2D eigenvalue weighted by atomic mass is 19.4. The van der Waals surface area contributed by atoms with Crippen molar-refractivity contribution in [3.05, 3.63) is 47.7 Å². The predicted octanol–water partition coefficient (Wildman–Crippen LogP) is 4.55. The van der Waals surface area contributed by atoms with Crippen LogP contribution in [0, 0.1) is 0 Å². The molecule has 0 fully saturated rings. The van der Waals surface area contributed by atoms with Gasteiger partial charge in [0.1, 0.15) is 5.60 Å². The van der Waals surface area contributed by atoms with Crippen LogP contribution in [0.15, 0.2) is 36.5 Å². The van der Waals surface area contributed by atoms with Crippen LogP contribution >= 0.6 is 0 Å². The average molecular weight is 313 g/mol. The van der Waals surface area contributed by atoms with Crippen molar-refractivity contribution in [2.75, 3.05) is 6.54 Å². The molecule has 1 aromatic rings. The maximum atomic E-state index is 12.5. The molecule has 0 spiro atoms. The van der Waals surface area contributed by atoms with Crippen molar-refractivity contribution in [2.24, 2.45) is 0 Å². The van der Waals surface area contributed by atoms with Crippen molar-refractivity contribution in [2.45, 2.75) is 38.5 Å². The summed E-state index contributed by atoms with van der Waals surface area (Å²) in [5.41, 5.74) is -0.533. The van der Waals surface area contributed by atoms with Gasteiger partial charge in [-0.2, -0.15) is 13.2 Å². The highest BCUT2D eigenvalue weighted by molar-refractivity contribution is 5.70. The number of ether oxygens (including phenoxy) is 1. The third-order valence-electron chi connectivity index (χ3n) is 3.19. The molecule has 1 aliphatic rings. The Morgan fingerprint density at radius 3 is 2.27 bits per heavy atom. The van der Waals surface area contributed by atoms with E-state index in [0.29, 0.717) is 6.54 Å². The SMILES string of the molecule is CC(C)(C)OC(=O)N1C=CC(c2ccc(C(F)(F)F)cc2)C1. The topological polar surface area (TPSA) is 29.5 Å². The Labute approximate surface area is 127 Å². The van der Waals surface area contributed by atoms with Gasteiger partial charge in [0.2, 0.25) is 0 Å². The van der Waals surface area contributed by atoms with E-state index in [1.54, 1.807) is 33.0 Å². The number of hydrogen-bond donors (Lipinski definition) is 0. The summed E-state index contributed by atoms with van der Waals surface area (Å²) in [4.78, 5) is 13.4. The van der Waals surface area contributed by atoms with Gasteiger partial charge in [-0.3, -0.25) is 4.90 Å². The Bertz CT molecular complexity index is 571. The molecular weight excluding hydrogens is 295 g/mol. The van der Waals surface area contributed by atoms with Crippen LogP contribution in [0.25, 0.3) is 0 Å². The summed E-state index contributed by atoms with van der Waals surface area (Å²) in [5, 5.41) is 0. The third-order valence-corrected chi connectivity index (χ3v) is 3.19. The average Bonchev–Trinajstić information content (AvgIpc) is 2.85. The summed E-state index contributed by atoms with van der Waals surface area (Å²) >= 11 is 0. The number of alkyl halides is 3. The fourth-order valence-electron chi connectivity index (χ4n) is 2.13. The zero-order valence-corrected chi connectivity index (χ0v) is 12.6. The molecule has 1 unspecified atom stereocenters. The maximum Gasteiger partial charge on any atom is 0.416 e. The Morgan fingerprint density at radius 2 is 1.77 bits per heavy atom. The lowest BCUT2D eigenvalue weighted by Gasteiger charge is -2.24. The molecule has 0 saturated heterocycles. The van der Waals surface area contributed by atoms with E-state index in [1.807, 2.05) is 0 Å². The highest BCUT2D eigenvalue weighted by Crippen LogP contribution is 2.31. The molecule has 1 atom stereocenters. The molecule has 1 aliphatic heterocycles. The second-order valence-electron chi connectivity index (χ2n) is 6.20. The van der Waals surface area contributed by atoms with Crippen LogP contribution in [-0.4, -0.2) is 23.1 Å². The molecule has 0 N–H and O–H groups in total. The zero-order valence-electron chi connectivity index (χ0n) is 12.6. The summed E-state index contributed by atoms with van der Waals surface area (Å²) in [6.07, 6.45) is -1.41. The molecule has 1 amide bonds. The van der Waals surface area contributed by atoms with E-state index in [9.17, 15) is 18.0 Å². The third kappa shape index (κ3) is 4.02. The Hall–Kier alpha value is -1.98. The molecule has 22 heavy (non-hydrogen) atoms. The first-order valence-electron chi connectivity index (χ1n) is 6.91. The molecule has 0 aliphatic carbocycles. The predicted molar refractivity (Wildman–Crippen MR) is 76.3 cm³/mol. The Morgan fingerprint density at radius 1 is 1.18 bits per heavy atom. The van der Waals surface area contributed by atoms with Crippen molar-refractivity contribution in [1.29, 1.82) is 0 Å². The van der Waals surface area contributed by atoms with E-state index in [-0.39, 0.29) is 5.92 Å². The number of carbonyl (C=O) groups is 1. The Balaban J connectivity index is 2.02. The molecule has 0 bridgehead atoms. The minimum absolute atomic E-state index is 0.130. The number of benzene rings is 1. The van der Waals surface area contributed by atoms with Crippen LogP contribution in [0.1, 0.15) is 37.8 Å². The van der Waals surface area contributed by atoms with Gasteiger partial charge in [0.15, 0.2) is 0 Å². The molecule has 0 aromatic heterocycles. The van der Waals surface area contributed by atoms with Crippen molar-refractivity contribution in [3.8, 4) is 0 Å². The van der Waals surface area contributed by atoms with Gasteiger partial charge in [-0.15, -0.1) is 0 Å². The molecular formula is C16H18F3NO2. The lowest BCUT2D eigenvalue weighted by atomic mass is 9.99. The van der Waals surface area contributed by atoms with Crippen LogP contribution in [0.3, 0.4) is 0 Å². The van der Waals surface area contributed by atoms with Gasteiger partial charge >= 0.3 is 12.3 Å². The largest absolute Gasteiger partial charge is 0.443 e. The first kappa shape index (κ1) is 16.4. The zero-order chi connectivity index (χ0) is 16.5. The molecule has 2 rings (SSSR count). The maximum absolute atomic E-state index is 12.5. The number of carbonyl (C=O) groups excluding carboxylic acids is 1. The van der Waals surface area contributed by atoms with E-state index in [1.165, 1.54) is 17.0 Å². The van der Waals surface area contributed by atoms with Crippen LogP contribution in [0.5, 0.6) is 0 Å². The van der Waals surface area contributed by atoms with Crippen LogP contribution in [-0.2, 0) is 10.9 Å². The number of nitrogens with zero attached hydrogens (tertiary/aromatic N) is 1. The van der Waals surface area contributed by atoms with Gasteiger partial charge in [0.25, 0.3) is 0 Å². The fourth-order valence-corrected chi connectivity index (χ4v) is 2.13. The first-order chi connectivity index (χ1) is 10.1. The van der Waals surface area contributed by atoms with Crippen LogP contribution in [0.4, 0.5) is 18.0 Å². The van der Waals surface area contributed by atoms with Gasteiger partial charge in [-0.05, 0) is 38.5 Å². The summed E-state index contributed by atoms with van der Waals surface area (Å²) in [6, 6.07) is 4.99. The van der Waals surface area contributed by atoms with Gasteiger partial charge < -0.3 is 4.74 Å². The summed E-state index contributed by atoms with van der Waals surface area (Å²) in [6.45, 7) is 5.69. The molecule has 0 saturated carbocycles. The van der Waals surface area contributed by atoms with Crippen molar-refractivity contribution >= 4 is 6.09 Å². The summed E-state index contributed by atoms with van der Waals surface area (Å²) in [7, 11) is 0. The Kier molecular flexibility index (Phi) is 4.22. The molecule has 120 valence electrons. The number of hydrogen-bond acceptors (Lipinski definition) is 2. The van der Waals surface area contributed by atoms with Gasteiger partial charge in [0, 0.05) is 18.7 Å². The molecule has 0 radical (unpaired) electrons. The normalized spacial score (nSPS) is 18.6. The standard InChI is InChI=1S/C16H18F3NO2/c1-15(2,3)22-14(21)20-9-8-12(10-20)11-4-6-13(7-5-11)16(17,18)19/h4-9,12H,10H2,1-3H3. The lowest BCUT2D eigenvalue weighted by Crippen LogP contribution is -2.33. The summed E-state index contributed by atoms with van der Waals surface area (Å²) < 4.78 is 42.9. The van der Waals surface area contributed by atoms with Crippen LogP contribution in [0.2, 0.25) is 0 Å². The second-order valence-corrected chi connectivity index (χ2v) is 6.20. The minimum Gasteiger partial charge on any atom is -0.443 e. The van der Waals surface area contributed by atoms with Crippen molar-refractivity contribution < 1.29 is 22.7 Å². The van der Waals surface area contributed by atoms with Gasteiger partial charge in [-0.1, -0.05) is 18.2 Å². The van der Waals surface area contributed by atoms with E-state index in [2.05, 4.69) is 0 Å². The quantitative estimate of drug-likeness (QED) is 0.761. The minimum atomic E-state index is -4.34. The molecule has 1 aromatic carbocycles. The number of halogens is 3. The van der Waals surface area contributed by atoms with E-state index in [4.69, 9.17) is 4.74 Å². The number of rotatable bonds is 1. The van der Waals surface area contributed by atoms with E-state index < -0.39 is 23.4 Å². The van der Waals surface area contributed by atoms with Crippen LogP contribution < -0.4 is 0 Å². The molecule has 6 heteroatoms. The van der Waals surface area contributed by atoms with E-state index >= 15 is 0 Å². The highest BCUT2D eigenvalue weighted by Gasteiger charge is 2.31. The summed E-state index contributed by atoms with van der Waals surface area (Å²) in [5.74, 6) is -0.130. The van der Waals surface area contributed by atoms with E-state index in [0.717, 1.165) is 17.7 Å². The second kappa shape index (κ2) is 5.66. The molecule has 3 nitrogen and oxygen atoms in total. The number of amides is 1. The van der Waals surface area contributed by atoms with Gasteiger partial charge in [0.05, 0.1) is 5.56 Å². The van der Waals surface area contributed by atoms with Crippen molar-refractivity contribution in [3.63, 3.8) is 0 Å².